The summed E-state index contributed by atoms with van der Waals surface area (Å²) in [6.45, 7) is 0. The molecule has 0 aromatic carbocycles. The van der Waals surface area contributed by atoms with Crippen LogP contribution in [0.3, 0.4) is 0 Å². The van der Waals surface area contributed by atoms with Crippen molar-refractivity contribution in [3.63, 3.8) is 0 Å². The van der Waals surface area contributed by atoms with Gasteiger partial charge in [-0.25, -0.2) is 0 Å². The maximum atomic E-state index is 12.4. The summed E-state index contributed by atoms with van der Waals surface area (Å²) >= 11 is 0. The number of rotatable bonds is 4. The molecule has 0 aromatic heterocycles. The second-order valence-electron chi connectivity index (χ2n) is 6.94. The van der Waals surface area contributed by atoms with Crippen LogP contribution in [0.5, 0.6) is 0 Å². The molecule has 0 radical (unpaired) electrons. The van der Waals surface area contributed by atoms with Crippen LogP contribution in [0.15, 0.2) is 36.5 Å². The summed E-state index contributed by atoms with van der Waals surface area (Å²) in [6.07, 6.45) is 11.5. The molecular weight excluding hydrogens is 392 g/mol. The minimum atomic E-state index is -1.44. The molecule has 166 valence electrons. The summed E-state index contributed by atoms with van der Waals surface area (Å²) in [5, 5.41) is 0. The minimum Gasteiger partial charge on any atom is -0.468 e. The Labute approximate surface area is 176 Å². The number of hydrogen-bond acceptors (Lipinski definition) is 8. The molecule has 0 aromatic rings. The van der Waals surface area contributed by atoms with E-state index < -0.39 is 34.7 Å². The van der Waals surface area contributed by atoms with Gasteiger partial charge in [0.2, 0.25) is 0 Å². The third-order valence-electron chi connectivity index (χ3n) is 5.26. The molecule has 8 nitrogen and oxygen atoms in total. The monoisotopic (exact) mass is 422 g/mol. The highest BCUT2D eigenvalue weighted by atomic mass is 16.6. The number of carbonyl (C=O) groups is 4. The van der Waals surface area contributed by atoms with E-state index in [0.29, 0.717) is 12.8 Å². The van der Waals surface area contributed by atoms with Gasteiger partial charge in [0.1, 0.15) is 0 Å². The molecule has 0 heterocycles. The SMILES string of the molecule is COC(=O)C1(C(=O)OC)C/C=C\C=C\CC(C(=O)OC)(C(=O)OC)CC/C=C\CC1. The standard InChI is InChI=1S/C22H30O8/c1-27-17(23)21(18(24)28-2)13-9-5-7-11-15-22(19(25)29-3,20(26)30-4)16-12-8-6-10-14-21/h5-9,11H,10,12-16H2,1-4H3/b8-6-,9-5-,11-7+. The van der Waals surface area contributed by atoms with Gasteiger partial charge in [-0.15, -0.1) is 0 Å². The number of methoxy groups -OCH3 is 4. The van der Waals surface area contributed by atoms with Crippen molar-refractivity contribution in [2.45, 2.75) is 38.5 Å². The molecule has 0 unspecified atom stereocenters. The van der Waals surface area contributed by atoms with E-state index in [0.717, 1.165) is 0 Å². The Bertz CT molecular complexity index is 625. The van der Waals surface area contributed by atoms with E-state index in [9.17, 15) is 19.2 Å². The van der Waals surface area contributed by atoms with Gasteiger partial charge in [-0.1, -0.05) is 36.5 Å². The van der Waals surface area contributed by atoms with Crippen molar-refractivity contribution in [3.8, 4) is 0 Å². The highest BCUT2D eigenvalue weighted by Gasteiger charge is 2.48. The van der Waals surface area contributed by atoms with Crippen molar-refractivity contribution in [1.82, 2.24) is 0 Å². The van der Waals surface area contributed by atoms with Crippen LogP contribution in [0.1, 0.15) is 38.5 Å². The summed E-state index contributed by atoms with van der Waals surface area (Å²) in [7, 11) is 4.93. The zero-order valence-electron chi connectivity index (χ0n) is 18.0. The lowest BCUT2D eigenvalue weighted by Crippen LogP contribution is -2.41. The van der Waals surface area contributed by atoms with Crippen LogP contribution in [0.25, 0.3) is 0 Å². The first kappa shape index (κ1) is 25.1. The Morgan fingerprint density at radius 1 is 0.567 bits per heavy atom. The molecule has 1 aliphatic rings. The van der Waals surface area contributed by atoms with Crippen LogP contribution in [-0.4, -0.2) is 52.3 Å². The number of allylic oxidation sites excluding steroid dienone is 6. The maximum absolute atomic E-state index is 12.4. The molecule has 0 N–H and O–H groups in total. The first-order valence-electron chi connectivity index (χ1n) is 9.65. The molecule has 0 saturated heterocycles. The molecule has 0 aliphatic heterocycles. The molecule has 8 heteroatoms. The third kappa shape index (κ3) is 5.58. The Balaban J connectivity index is 3.27. The van der Waals surface area contributed by atoms with E-state index in [1.807, 2.05) is 0 Å². The topological polar surface area (TPSA) is 105 Å². The van der Waals surface area contributed by atoms with Gasteiger partial charge < -0.3 is 18.9 Å². The highest BCUT2D eigenvalue weighted by Crippen LogP contribution is 2.35. The number of carbonyl (C=O) groups excluding carboxylic acids is 4. The zero-order valence-corrected chi connectivity index (χ0v) is 18.0. The van der Waals surface area contributed by atoms with E-state index in [4.69, 9.17) is 18.9 Å². The summed E-state index contributed by atoms with van der Waals surface area (Å²) in [5.74, 6) is -2.62. The van der Waals surface area contributed by atoms with Crippen LogP contribution < -0.4 is 0 Å². The average Bonchev–Trinajstić information content (AvgIpc) is 2.78. The molecular formula is C22H30O8. The predicted octanol–water partition coefficient (Wildman–Crippen LogP) is 2.67. The molecule has 0 saturated carbocycles. The number of esters is 4. The van der Waals surface area contributed by atoms with Crippen LogP contribution in [0.4, 0.5) is 0 Å². The van der Waals surface area contributed by atoms with Gasteiger partial charge in [0, 0.05) is 0 Å². The van der Waals surface area contributed by atoms with E-state index in [1.165, 1.54) is 28.4 Å². The lowest BCUT2D eigenvalue weighted by Gasteiger charge is -2.27. The van der Waals surface area contributed by atoms with E-state index in [-0.39, 0.29) is 25.7 Å². The smallest absolute Gasteiger partial charge is 0.323 e. The molecule has 30 heavy (non-hydrogen) atoms. The van der Waals surface area contributed by atoms with Crippen LogP contribution in [0.2, 0.25) is 0 Å². The molecule has 1 rings (SSSR count). The third-order valence-corrected chi connectivity index (χ3v) is 5.26. The summed E-state index contributed by atoms with van der Waals surface area (Å²) in [5.41, 5.74) is -2.88. The van der Waals surface area contributed by atoms with Gasteiger partial charge in [0.15, 0.2) is 10.8 Å². The number of ether oxygens (including phenoxy) is 4. The Morgan fingerprint density at radius 3 is 1.13 bits per heavy atom. The lowest BCUT2D eigenvalue weighted by atomic mass is 9.78. The van der Waals surface area contributed by atoms with Crippen molar-refractivity contribution in [1.29, 1.82) is 0 Å². The summed E-state index contributed by atoms with van der Waals surface area (Å²) in [4.78, 5) is 49.7. The summed E-state index contributed by atoms with van der Waals surface area (Å²) < 4.78 is 19.5. The predicted molar refractivity (Wildman–Crippen MR) is 108 cm³/mol. The van der Waals surface area contributed by atoms with Gasteiger partial charge in [-0.2, -0.15) is 0 Å². The van der Waals surface area contributed by atoms with Crippen LogP contribution >= 0.6 is 0 Å². The van der Waals surface area contributed by atoms with E-state index in [2.05, 4.69) is 0 Å². The largest absolute Gasteiger partial charge is 0.468 e. The Kier molecular flexibility index (Phi) is 10.0. The van der Waals surface area contributed by atoms with Gasteiger partial charge in [0.25, 0.3) is 0 Å². The first-order chi connectivity index (χ1) is 14.3. The first-order valence-corrected chi connectivity index (χ1v) is 9.65. The van der Waals surface area contributed by atoms with Gasteiger partial charge in [0.05, 0.1) is 28.4 Å². The lowest BCUT2D eigenvalue weighted by molar-refractivity contribution is -0.171. The summed E-state index contributed by atoms with van der Waals surface area (Å²) in [6, 6.07) is 0. The normalized spacial score (nSPS) is 21.7. The van der Waals surface area contributed by atoms with Gasteiger partial charge in [-0.05, 0) is 38.5 Å². The van der Waals surface area contributed by atoms with Gasteiger partial charge in [-0.3, -0.25) is 19.2 Å². The molecule has 0 spiro atoms. The fraction of sp³-hybridized carbons (Fsp3) is 0.545. The molecule has 1 aliphatic carbocycles. The van der Waals surface area contributed by atoms with Gasteiger partial charge >= 0.3 is 23.9 Å². The maximum Gasteiger partial charge on any atom is 0.323 e. The van der Waals surface area contributed by atoms with Crippen molar-refractivity contribution >= 4 is 23.9 Å². The second kappa shape index (κ2) is 11.9. The highest BCUT2D eigenvalue weighted by molar-refractivity contribution is 6.00. The minimum absolute atomic E-state index is 0.0870. The van der Waals surface area contributed by atoms with Crippen LogP contribution in [0, 0.1) is 10.8 Å². The van der Waals surface area contributed by atoms with Crippen molar-refractivity contribution in [2.24, 2.45) is 10.8 Å². The molecule has 0 bridgehead atoms. The fourth-order valence-electron chi connectivity index (χ4n) is 3.48. The molecule has 0 atom stereocenters. The van der Waals surface area contributed by atoms with Crippen LogP contribution in [-0.2, 0) is 38.1 Å². The average molecular weight is 422 g/mol. The van der Waals surface area contributed by atoms with Crippen molar-refractivity contribution in [2.75, 3.05) is 28.4 Å². The van der Waals surface area contributed by atoms with E-state index in [1.54, 1.807) is 36.5 Å². The Hall–Kier alpha value is -2.90. The molecule has 0 amide bonds. The Morgan fingerprint density at radius 2 is 0.867 bits per heavy atom. The van der Waals surface area contributed by atoms with E-state index >= 15 is 0 Å². The second-order valence-corrected chi connectivity index (χ2v) is 6.94. The van der Waals surface area contributed by atoms with Crippen molar-refractivity contribution < 1.29 is 38.1 Å². The fourth-order valence-corrected chi connectivity index (χ4v) is 3.48. The number of hydrogen-bond donors (Lipinski definition) is 0. The zero-order chi connectivity index (χ0) is 22.6. The van der Waals surface area contributed by atoms with Crippen molar-refractivity contribution in [3.05, 3.63) is 36.5 Å². The quantitative estimate of drug-likeness (QED) is 0.295. The molecule has 0 fully saturated rings.